The van der Waals surface area contributed by atoms with Gasteiger partial charge in [-0.25, -0.2) is 8.42 Å². The van der Waals surface area contributed by atoms with Gasteiger partial charge in [0.25, 0.3) is 5.91 Å². The predicted molar refractivity (Wildman–Crippen MR) is 107 cm³/mol. The number of carbonyl (C=O) groups excluding carboxylic acids is 1. The topological polar surface area (TPSA) is 102 Å². The lowest BCUT2D eigenvalue weighted by molar-refractivity contribution is 0.102. The van der Waals surface area contributed by atoms with E-state index in [1.165, 1.54) is 10.4 Å². The van der Waals surface area contributed by atoms with Crippen molar-refractivity contribution in [2.45, 2.75) is 25.7 Å². The van der Waals surface area contributed by atoms with Crippen molar-refractivity contribution in [3.63, 3.8) is 0 Å². The molecular formula is C19H25N3O4S. The fourth-order valence-corrected chi connectivity index (χ4v) is 4.28. The molecule has 0 aliphatic rings. The zero-order chi connectivity index (χ0) is 20.0. The number of nitrogen functional groups attached to an aromatic ring is 1. The summed E-state index contributed by atoms with van der Waals surface area (Å²) in [5.41, 5.74) is 6.84. The van der Waals surface area contributed by atoms with Gasteiger partial charge in [0.05, 0.1) is 12.2 Å². The Morgan fingerprint density at radius 1 is 1.11 bits per heavy atom. The number of carbonyl (C=O) groups is 1. The molecular weight excluding hydrogens is 366 g/mol. The van der Waals surface area contributed by atoms with Gasteiger partial charge in [0.2, 0.25) is 10.0 Å². The summed E-state index contributed by atoms with van der Waals surface area (Å²) in [4.78, 5) is 12.5. The van der Waals surface area contributed by atoms with Gasteiger partial charge in [0.1, 0.15) is 10.6 Å². The van der Waals surface area contributed by atoms with Crippen molar-refractivity contribution >= 4 is 27.3 Å². The molecule has 8 heteroatoms. The van der Waals surface area contributed by atoms with Gasteiger partial charge in [0.15, 0.2) is 0 Å². The number of amides is 1. The van der Waals surface area contributed by atoms with Crippen molar-refractivity contribution in [1.29, 1.82) is 0 Å². The molecule has 0 radical (unpaired) electrons. The number of hydrogen-bond donors (Lipinski definition) is 2. The summed E-state index contributed by atoms with van der Waals surface area (Å²) >= 11 is 0. The minimum Gasteiger partial charge on any atom is -0.492 e. The van der Waals surface area contributed by atoms with E-state index in [-0.39, 0.29) is 10.6 Å². The molecule has 0 aromatic heterocycles. The van der Waals surface area contributed by atoms with Crippen molar-refractivity contribution in [3.05, 3.63) is 48.0 Å². The summed E-state index contributed by atoms with van der Waals surface area (Å²) in [5, 5.41) is 2.70. The second kappa shape index (κ2) is 8.88. The van der Waals surface area contributed by atoms with E-state index < -0.39 is 15.9 Å². The van der Waals surface area contributed by atoms with Gasteiger partial charge < -0.3 is 15.8 Å². The highest BCUT2D eigenvalue weighted by molar-refractivity contribution is 7.89. The molecule has 2 aromatic carbocycles. The number of hydrogen-bond acceptors (Lipinski definition) is 5. The monoisotopic (exact) mass is 391 g/mol. The number of para-hydroxylation sites is 1. The quantitative estimate of drug-likeness (QED) is 0.674. The maximum absolute atomic E-state index is 13.0. The SMILES string of the molecule is CCOc1ccc(NC(=O)c2ccccc2N)cc1S(=O)(=O)N(CC)CC. The molecule has 2 aromatic rings. The van der Waals surface area contributed by atoms with Gasteiger partial charge in [-0.2, -0.15) is 4.31 Å². The molecule has 7 nitrogen and oxygen atoms in total. The summed E-state index contributed by atoms with van der Waals surface area (Å²) in [6.45, 7) is 6.31. The van der Waals surface area contributed by atoms with Crippen molar-refractivity contribution in [1.82, 2.24) is 4.31 Å². The molecule has 0 atom stereocenters. The number of nitrogens with one attached hydrogen (secondary N) is 1. The van der Waals surface area contributed by atoms with E-state index in [2.05, 4.69) is 5.32 Å². The molecule has 1 amide bonds. The minimum absolute atomic E-state index is 0.0203. The number of nitrogens with two attached hydrogens (primary N) is 1. The van der Waals surface area contributed by atoms with E-state index in [0.29, 0.717) is 36.6 Å². The van der Waals surface area contributed by atoms with E-state index in [9.17, 15) is 13.2 Å². The first-order chi connectivity index (χ1) is 12.8. The highest BCUT2D eigenvalue weighted by atomic mass is 32.2. The van der Waals surface area contributed by atoms with Gasteiger partial charge in [-0.3, -0.25) is 4.79 Å². The van der Waals surface area contributed by atoms with Crippen molar-refractivity contribution in [2.24, 2.45) is 0 Å². The Hall–Kier alpha value is -2.58. The zero-order valence-electron chi connectivity index (χ0n) is 15.7. The number of nitrogens with zero attached hydrogens (tertiary/aromatic N) is 1. The van der Waals surface area contributed by atoms with E-state index in [1.54, 1.807) is 57.2 Å². The first-order valence-electron chi connectivity index (χ1n) is 8.77. The fraction of sp³-hybridized carbons (Fsp3) is 0.316. The number of anilines is 2. The Bertz CT molecular complexity index is 909. The van der Waals surface area contributed by atoms with Crippen LogP contribution in [0.3, 0.4) is 0 Å². The minimum atomic E-state index is -3.75. The third-order valence-electron chi connectivity index (χ3n) is 4.03. The largest absolute Gasteiger partial charge is 0.492 e. The first-order valence-corrected chi connectivity index (χ1v) is 10.2. The predicted octanol–water partition coefficient (Wildman–Crippen LogP) is 2.95. The molecule has 0 saturated heterocycles. The average molecular weight is 391 g/mol. The molecule has 0 spiro atoms. The normalized spacial score (nSPS) is 11.4. The molecule has 0 aliphatic heterocycles. The van der Waals surface area contributed by atoms with E-state index in [0.717, 1.165) is 0 Å². The fourth-order valence-electron chi connectivity index (χ4n) is 2.67. The Morgan fingerprint density at radius 3 is 2.37 bits per heavy atom. The summed E-state index contributed by atoms with van der Waals surface area (Å²) < 4.78 is 32.8. The van der Waals surface area contributed by atoms with Gasteiger partial charge >= 0.3 is 0 Å². The van der Waals surface area contributed by atoms with Crippen molar-refractivity contribution < 1.29 is 17.9 Å². The summed E-state index contributed by atoms with van der Waals surface area (Å²) in [7, 11) is -3.75. The second-order valence-electron chi connectivity index (χ2n) is 5.73. The Balaban J connectivity index is 2.43. The molecule has 0 heterocycles. The summed E-state index contributed by atoms with van der Waals surface area (Å²) in [6, 6.07) is 11.2. The van der Waals surface area contributed by atoms with Crippen LogP contribution in [-0.4, -0.2) is 38.3 Å². The van der Waals surface area contributed by atoms with Crippen LogP contribution in [0, 0.1) is 0 Å². The molecule has 0 bridgehead atoms. The molecule has 27 heavy (non-hydrogen) atoms. The van der Waals surface area contributed by atoms with Crippen LogP contribution in [0.4, 0.5) is 11.4 Å². The maximum Gasteiger partial charge on any atom is 0.257 e. The van der Waals surface area contributed by atoms with Gasteiger partial charge in [0, 0.05) is 24.5 Å². The molecule has 0 aliphatic carbocycles. The van der Waals surface area contributed by atoms with Crippen molar-refractivity contribution in [3.8, 4) is 5.75 Å². The van der Waals surface area contributed by atoms with Crippen LogP contribution in [0.25, 0.3) is 0 Å². The van der Waals surface area contributed by atoms with Crippen LogP contribution < -0.4 is 15.8 Å². The number of benzene rings is 2. The Kier molecular flexibility index (Phi) is 6.81. The maximum atomic E-state index is 13.0. The Labute approximate surface area is 160 Å². The van der Waals surface area contributed by atoms with Crippen LogP contribution in [0.5, 0.6) is 5.75 Å². The smallest absolute Gasteiger partial charge is 0.257 e. The lowest BCUT2D eigenvalue weighted by Crippen LogP contribution is -2.31. The van der Waals surface area contributed by atoms with Crippen LogP contribution in [0.15, 0.2) is 47.4 Å². The van der Waals surface area contributed by atoms with Crippen LogP contribution in [-0.2, 0) is 10.0 Å². The standard InChI is InChI=1S/C19H25N3O4S/c1-4-22(5-2)27(24,25)18-13-14(11-12-17(18)26-6-3)21-19(23)15-9-7-8-10-16(15)20/h7-13H,4-6,20H2,1-3H3,(H,21,23). The summed E-state index contributed by atoms with van der Waals surface area (Å²) in [5.74, 6) is -0.162. The third kappa shape index (κ3) is 4.58. The lowest BCUT2D eigenvalue weighted by atomic mass is 10.1. The van der Waals surface area contributed by atoms with Crippen molar-refractivity contribution in [2.75, 3.05) is 30.7 Å². The number of ether oxygens (including phenoxy) is 1. The second-order valence-corrected chi connectivity index (χ2v) is 7.63. The summed E-state index contributed by atoms with van der Waals surface area (Å²) in [6.07, 6.45) is 0. The zero-order valence-corrected chi connectivity index (χ0v) is 16.5. The molecule has 0 saturated carbocycles. The highest BCUT2D eigenvalue weighted by Crippen LogP contribution is 2.30. The third-order valence-corrected chi connectivity index (χ3v) is 6.10. The van der Waals surface area contributed by atoms with E-state index in [4.69, 9.17) is 10.5 Å². The van der Waals surface area contributed by atoms with Gasteiger partial charge in [-0.15, -0.1) is 0 Å². The molecule has 0 fully saturated rings. The first kappa shape index (κ1) is 20.7. The van der Waals surface area contributed by atoms with Crippen LogP contribution in [0.1, 0.15) is 31.1 Å². The average Bonchev–Trinajstić information content (AvgIpc) is 2.64. The number of rotatable bonds is 8. The Morgan fingerprint density at radius 2 is 1.78 bits per heavy atom. The van der Waals surface area contributed by atoms with Gasteiger partial charge in [-0.1, -0.05) is 26.0 Å². The number of sulfonamides is 1. The molecule has 3 N–H and O–H groups in total. The van der Waals surface area contributed by atoms with E-state index >= 15 is 0 Å². The van der Waals surface area contributed by atoms with Crippen LogP contribution in [0.2, 0.25) is 0 Å². The van der Waals surface area contributed by atoms with E-state index in [1.807, 2.05) is 0 Å². The molecule has 146 valence electrons. The van der Waals surface area contributed by atoms with Crippen LogP contribution >= 0.6 is 0 Å². The van der Waals surface area contributed by atoms with Gasteiger partial charge in [-0.05, 0) is 37.3 Å². The molecule has 0 unspecified atom stereocenters. The molecule has 2 rings (SSSR count). The highest BCUT2D eigenvalue weighted by Gasteiger charge is 2.26. The lowest BCUT2D eigenvalue weighted by Gasteiger charge is -2.21.